The summed E-state index contributed by atoms with van der Waals surface area (Å²) in [6, 6.07) is 10.1. The van der Waals surface area contributed by atoms with E-state index in [4.69, 9.17) is 0 Å². The number of anilines is 1. The molecule has 0 bridgehead atoms. The summed E-state index contributed by atoms with van der Waals surface area (Å²) in [5, 5.41) is 17.3. The van der Waals surface area contributed by atoms with Crippen LogP contribution in [0.15, 0.2) is 42.6 Å². The molecule has 2 aromatic heterocycles. The van der Waals surface area contributed by atoms with Gasteiger partial charge in [-0.05, 0) is 18.2 Å². The SMILES string of the molecule is O=C(CCNc1nc2ccc([N+](=O)[O-])cc2s1)NCc1ccccn1. The largest absolute Gasteiger partial charge is 0.361 e. The fraction of sp³-hybridized carbons (Fsp3) is 0.188. The van der Waals surface area contributed by atoms with Crippen molar-refractivity contribution in [3.05, 3.63) is 58.4 Å². The van der Waals surface area contributed by atoms with Crippen LogP contribution in [0, 0.1) is 10.1 Å². The Morgan fingerprint density at radius 3 is 2.92 bits per heavy atom. The third kappa shape index (κ3) is 4.48. The summed E-state index contributed by atoms with van der Waals surface area (Å²) in [5.41, 5.74) is 1.53. The van der Waals surface area contributed by atoms with E-state index in [1.807, 2.05) is 18.2 Å². The Morgan fingerprint density at radius 2 is 2.16 bits per heavy atom. The highest BCUT2D eigenvalue weighted by molar-refractivity contribution is 7.22. The molecule has 2 heterocycles. The Bertz CT molecular complexity index is 897. The highest BCUT2D eigenvalue weighted by atomic mass is 32.1. The number of nitro groups is 1. The minimum atomic E-state index is -0.432. The topological polar surface area (TPSA) is 110 Å². The summed E-state index contributed by atoms with van der Waals surface area (Å²) in [6.07, 6.45) is 1.98. The Balaban J connectivity index is 1.49. The van der Waals surface area contributed by atoms with Gasteiger partial charge in [0.1, 0.15) is 0 Å². The van der Waals surface area contributed by atoms with Crippen LogP contribution in [-0.4, -0.2) is 27.3 Å². The van der Waals surface area contributed by atoms with Gasteiger partial charge in [-0.2, -0.15) is 0 Å². The van der Waals surface area contributed by atoms with Gasteiger partial charge in [-0.15, -0.1) is 0 Å². The second-order valence-electron chi connectivity index (χ2n) is 5.20. The molecule has 128 valence electrons. The Labute approximate surface area is 147 Å². The molecule has 0 aliphatic carbocycles. The molecule has 0 spiro atoms. The van der Waals surface area contributed by atoms with Crippen LogP contribution >= 0.6 is 11.3 Å². The zero-order chi connectivity index (χ0) is 17.6. The van der Waals surface area contributed by atoms with E-state index < -0.39 is 4.92 Å². The molecule has 0 aliphatic heterocycles. The van der Waals surface area contributed by atoms with Crippen LogP contribution < -0.4 is 10.6 Å². The molecule has 2 N–H and O–H groups in total. The molecule has 0 aliphatic rings. The molecule has 9 heteroatoms. The number of hydrogen-bond donors (Lipinski definition) is 2. The number of aromatic nitrogens is 2. The number of amides is 1. The van der Waals surface area contributed by atoms with Crippen molar-refractivity contribution in [3.8, 4) is 0 Å². The van der Waals surface area contributed by atoms with Gasteiger partial charge in [0, 0.05) is 31.3 Å². The molecule has 1 aromatic carbocycles. The lowest BCUT2D eigenvalue weighted by Crippen LogP contribution is -2.25. The highest BCUT2D eigenvalue weighted by Crippen LogP contribution is 2.28. The van der Waals surface area contributed by atoms with Gasteiger partial charge in [-0.25, -0.2) is 4.98 Å². The summed E-state index contributed by atoms with van der Waals surface area (Å²) < 4.78 is 0.733. The number of rotatable bonds is 7. The summed E-state index contributed by atoms with van der Waals surface area (Å²) >= 11 is 1.32. The van der Waals surface area contributed by atoms with Crippen molar-refractivity contribution >= 4 is 38.3 Å². The maximum Gasteiger partial charge on any atom is 0.270 e. The number of nitrogens with one attached hydrogen (secondary N) is 2. The van der Waals surface area contributed by atoms with E-state index in [-0.39, 0.29) is 11.6 Å². The van der Waals surface area contributed by atoms with Crippen LogP contribution in [0.3, 0.4) is 0 Å². The molecule has 3 rings (SSSR count). The number of carbonyl (C=O) groups is 1. The van der Waals surface area contributed by atoms with Crippen LogP contribution in [-0.2, 0) is 11.3 Å². The van der Waals surface area contributed by atoms with Crippen molar-refractivity contribution in [2.75, 3.05) is 11.9 Å². The minimum absolute atomic E-state index is 0.0385. The highest BCUT2D eigenvalue weighted by Gasteiger charge is 2.10. The number of fused-ring (bicyclic) bond motifs is 1. The lowest BCUT2D eigenvalue weighted by molar-refractivity contribution is -0.384. The number of nitro benzene ring substituents is 1. The first-order valence-corrected chi connectivity index (χ1v) is 8.39. The first kappa shape index (κ1) is 16.8. The number of nitrogens with zero attached hydrogens (tertiary/aromatic N) is 3. The van der Waals surface area contributed by atoms with E-state index in [9.17, 15) is 14.9 Å². The van der Waals surface area contributed by atoms with Gasteiger partial charge < -0.3 is 10.6 Å². The third-order valence-electron chi connectivity index (χ3n) is 3.40. The van der Waals surface area contributed by atoms with E-state index in [1.54, 1.807) is 12.3 Å². The molecule has 0 saturated heterocycles. The molecule has 0 unspecified atom stereocenters. The average molecular weight is 357 g/mol. The molecular formula is C16H15N5O3S. The van der Waals surface area contributed by atoms with Gasteiger partial charge >= 0.3 is 0 Å². The number of pyridine rings is 1. The maximum atomic E-state index is 11.8. The van der Waals surface area contributed by atoms with Crippen molar-refractivity contribution < 1.29 is 9.72 Å². The Morgan fingerprint density at radius 1 is 1.28 bits per heavy atom. The number of thiazole rings is 1. The predicted octanol–water partition coefficient (Wildman–Crippen LogP) is 2.72. The first-order valence-electron chi connectivity index (χ1n) is 7.57. The van der Waals surface area contributed by atoms with Gasteiger partial charge in [-0.1, -0.05) is 17.4 Å². The van der Waals surface area contributed by atoms with Crippen molar-refractivity contribution in [3.63, 3.8) is 0 Å². The van der Waals surface area contributed by atoms with Crippen LogP contribution in [0.1, 0.15) is 12.1 Å². The quantitative estimate of drug-likeness (QED) is 0.497. The monoisotopic (exact) mass is 357 g/mol. The zero-order valence-corrected chi connectivity index (χ0v) is 14.0. The molecule has 8 nitrogen and oxygen atoms in total. The molecule has 0 saturated carbocycles. The summed E-state index contributed by atoms with van der Waals surface area (Å²) in [4.78, 5) is 30.7. The normalized spacial score (nSPS) is 10.6. The molecule has 25 heavy (non-hydrogen) atoms. The van der Waals surface area contributed by atoms with E-state index in [0.29, 0.717) is 30.2 Å². The molecule has 0 fully saturated rings. The molecule has 1 amide bonds. The van der Waals surface area contributed by atoms with Crippen molar-refractivity contribution in [1.82, 2.24) is 15.3 Å². The Kier molecular flexibility index (Phi) is 5.14. The minimum Gasteiger partial charge on any atom is -0.361 e. The lowest BCUT2D eigenvalue weighted by atomic mass is 10.3. The van der Waals surface area contributed by atoms with E-state index in [1.165, 1.54) is 23.5 Å². The smallest absolute Gasteiger partial charge is 0.270 e. The predicted molar refractivity (Wildman–Crippen MR) is 95.5 cm³/mol. The second kappa shape index (κ2) is 7.67. The van der Waals surface area contributed by atoms with Gasteiger partial charge in [-0.3, -0.25) is 19.9 Å². The van der Waals surface area contributed by atoms with Crippen LogP contribution in [0.25, 0.3) is 10.2 Å². The fourth-order valence-electron chi connectivity index (χ4n) is 2.17. The lowest BCUT2D eigenvalue weighted by Gasteiger charge is -2.05. The molecular weight excluding hydrogens is 342 g/mol. The van der Waals surface area contributed by atoms with Crippen molar-refractivity contribution in [1.29, 1.82) is 0 Å². The third-order valence-corrected chi connectivity index (χ3v) is 4.38. The van der Waals surface area contributed by atoms with Crippen molar-refractivity contribution in [2.24, 2.45) is 0 Å². The molecule has 3 aromatic rings. The number of benzene rings is 1. The van der Waals surface area contributed by atoms with Crippen LogP contribution in [0.5, 0.6) is 0 Å². The van der Waals surface area contributed by atoms with Crippen LogP contribution in [0.2, 0.25) is 0 Å². The molecule has 0 atom stereocenters. The first-order chi connectivity index (χ1) is 12.1. The molecule has 0 radical (unpaired) electrons. The standard InChI is InChI=1S/C16H15N5O3S/c22-15(19-10-11-3-1-2-7-17-11)6-8-18-16-20-13-5-4-12(21(23)24)9-14(13)25-16/h1-5,7,9H,6,8,10H2,(H,18,20)(H,19,22). The number of carbonyl (C=O) groups excluding carboxylic acids is 1. The fourth-order valence-corrected chi connectivity index (χ4v) is 3.09. The maximum absolute atomic E-state index is 11.8. The Hall–Kier alpha value is -3.07. The second-order valence-corrected chi connectivity index (χ2v) is 6.23. The van der Waals surface area contributed by atoms with E-state index in [0.717, 1.165) is 10.4 Å². The van der Waals surface area contributed by atoms with E-state index in [2.05, 4.69) is 20.6 Å². The number of hydrogen-bond acceptors (Lipinski definition) is 7. The van der Waals surface area contributed by atoms with E-state index >= 15 is 0 Å². The van der Waals surface area contributed by atoms with Crippen LogP contribution in [0.4, 0.5) is 10.8 Å². The average Bonchev–Trinajstić information content (AvgIpc) is 3.02. The number of non-ortho nitro benzene ring substituents is 1. The van der Waals surface area contributed by atoms with Gasteiger partial charge in [0.25, 0.3) is 5.69 Å². The zero-order valence-electron chi connectivity index (χ0n) is 13.1. The van der Waals surface area contributed by atoms with Crippen molar-refractivity contribution in [2.45, 2.75) is 13.0 Å². The van der Waals surface area contributed by atoms with Gasteiger partial charge in [0.05, 0.1) is 27.4 Å². The van der Waals surface area contributed by atoms with Gasteiger partial charge in [0.15, 0.2) is 5.13 Å². The summed E-state index contributed by atoms with van der Waals surface area (Å²) in [7, 11) is 0. The summed E-state index contributed by atoms with van der Waals surface area (Å²) in [5.74, 6) is -0.0881. The summed E-state index contributed by atoms with van der Waals surface area (Å²) in [6.45, 7) is 0.820. The van der Waals surface area contributed by atoms with Gasteiger partial charge in [0.2, 0.25) is 5.91 Å².